The second-order valence-electron chi connectivity index (χ2n) is 4.36. The molecule has 1 aromatic rings. The summed E-state index contributed by atoms with van der Waals surface area (Å²) in [6.07, 6.45) is 0.822. The van der Waals surface area contributed by atoms with Crippen molar-refractivity contribution < 1.29 is 4.74 Å². The lowest BCUT2D eigenvalue weighted by Gasteiger charge is -2.32. The van der Waals surface area contributed by atoms with E-state index in [1.807, 2.05) is 43.4 Å². The Morgan fingerprint density at radius 3 is 2.35 bits per heavy atom. The number of methoxy groups -OCH3 is 1. The first-order valence-corrected chi connectivity index (χ1v) is 5.65. The fourth-order valence-corrected chi connectivity index (χ4v) is 2.32. The third-order valence-corrected chi connectivity index (χ3v) is 3.61. The molecule has 0 bridgehead atoms. The summed E-state index contributed by atoms with van der Waals surface area (Å²) in [5.74, 6) is 0.816. The minimum Gasteiger partial charge on any atom is -0.497 e. The molecule has 1 aliphatic heterocycles. The number of nitrogens with zero attached hydrogens (tertiary/aromatic N) is 3. The van der Waals surface area contributed by atoms with E-state index in [2.05, 4.69) is 11.1 Å². The number of hydrogen-bond donors (Lipinski definition) is 0. The van der Waals surface area contributed by atoms with Crippen molar-refractivity contribution in [2.24, 2.45) is 0 Å². The van der Waals surface area contributed by atoms with Crippen molar-refractivity contribution in [3.8, 4) is 11.8 Å². The molecule has 4 heteroatoms. The Labute approximate surface area is 102 Å². The van der Waals surface area contributed by atoms with Crippen LogP contribution in [0.3, 0.4) is 0 Å². The molecule has 1 fully saturated rings. The highest BCUT2D eigenvalue weighted by atomic mass is 16.5. The lowest BCUT2D eigenvalue weighted by atomic mass is 9.89. The molecule has 0 aromatic heterocycles. The van der Waals surface area contributed by atoms with E-state index in [9.17, 15) is 5.26 Å². The van der Waals surface area contributed by atoms with E-state index in [1.165, 1.54) is 0 Å². The smallest absolute Gasteiger partial charge is 0.148 e. The number of benzene rings is 1. The van der Waals surface area contributed by atoms with Gasteiger partial charge in [-0.25, -0.2) is 10.0 Å². The quantitative estimate of drug-likeness (QED) is 0.775. The molecule has 0 spiro atoms. The van der Waals surface area contributed by atoms with Crippen LogP contribution in [-0.2, 0) is 5.54 Å². The Kier molecular flexibility index (Phi) is 3.05. The SMILES string of the molecule is COc1ccc(C2(C#N)CCN(C)N2C)cc1. The van der Waals surface area contributed by atoms with Gasteiger partial charge >= 0.3 is 0 Å². The van der Waals surface area contributed by atoms with Crippen molar-refractivity contribution in [1.82, 2.24) is 10.0 Å². The van der Waals surface area contributed by atoms with Gasteiger partial charge in [0.05, 0.1) is 13.2 Å². The van der Waals surface area contributed by atoms with Gasteiger partial charge in [-0.1, -0.05) is 12.1 Å². The van der Waals surface area contributed by atoms with Crippen molar-refractivity contribution in [1.29, 1.82) is 5.26 Å². The third kappa shape index (κ3) is 1.78. The Balaban J connectivity index is 2.39. The molecule has 1 atom stereocenters. The molecule has 17 heavy (non-hydrogen) atoms. The van der Waals surface area contributed by atoms with Crippen molar-refractivity contribution in [2.75, 3.05) is 27.7 Å². The minimum atomic E-state index is -0.541. The molecule has 0 radical (unpaired) electrons. The molecular weight excluding hydrogens is 214 g/mol. The molecule has 1 heterocycles. The van der Waals surface area contributed by atoms with Gasteiger partial charge in [0.25, 0.3) is 0 Å². The number of ether oxygens (including phenoxy) is 1. The van der Waals surface area contributed by atoms with Gasteiger partial charge in [0, 0.05) is 20.6 Å². The van der Waals surface area contributed by atoms with Crippen LogP contribution in [-0.4, -0.2) is 37.8 Å². The Bertz CT molecular complexity index is 437. The van der Waals surface area contributed by atoms with Crippen LogP contribution in [0.5, 0.6) is 5.75 Å². The van der Waals surface area contributed by atoms with Crippen LogP contribution in [0.15, 0.2) is 24.3 Å². The van der Waals surface area contributed by atoms with E-state index >= 15 is 0 Å². The van der Waals surface area contributed by atoms with Gasteiger partial charge in [-0.2, -0.15) is 5.26 Å². The molecule has 1 aliphatic rings. The summed E-state index contributed by atoms with van der Waals surface area (Å²) in [5.41, 5.74) is 0.480. The lowest BCUT2D eigenvalue weighted by molar-refractivity contribution is 0.0218. The van der Waals surface area contributed by atoms with Crippen molar-refractivity contribution >= 4 is 0 Å². The first-order chi connectivity index (χ1) is 8.14. The lowest BCUT2D eigenvalue weighted by Crippen LogP contribution is -2.42. The highest BCUT2D eigenvalue weighted by molar-refractivity contribution is 5.36. The van der Waals surface area contributed by atoms with E-state index in [1.54, 1.807) is 7.11 Å². The normalized spacial score (nSPS) is 25.8. The minimum absolute atomic E-state index is 0.541. The summed E-state index contributed by atoms with van der Waals surface area (Å²) in [6.45, 7) is 0.899. The van der Waals surface area contributed by atoms with Crippen LogP contribution < -0.4 is 4.74 Å². The predicted molar refractivity (Wildman–Crippen MR) is 65.3 cm³/mol. The zero-order valence-electron chi connectivity index (χ0n) is 10.5. The van der Waals surface area contributed by atoms with Crippen LogP contribution in [0.1, 0.15) is 12.0 Å². The van der Waals surface area contributed by atoms with Crippen LogP contribution >= 0.6 is 0 Å². The van der Waals surface area contributed by atoms with Crippen LogP contribution in [0.4, 0.5) is 0 Å². The summed E-state index contributed by atoms with van der Waals surface area (Å²) in [4.78, 5) is 0. The van der Waals surface area contributed by atoms with E-state index in [0.717, 1.165) is 24.3 Å². The highest BCUT2D eigenvalue weighted by Crippen LogP contribution is 2.37. The van der Waals surface area contributed by atoms with Gasteiger partial charge in [0.1, 0.15) is 11.3 Å². The van der Waals surface area contributed by atoms with Crippen LogP contribution in [0.25, 0.3) is 0 Å². The molecule has 1 aromatic carbocycles. The topological polar surface area (TPSA) is 39.5 Å². The summed E-state index contributed by atoms with van der Waals surface area (Å²) in [6, 6.07) is 10.2. The standard InChI is InChI=1S/C13H17N3O/c1-15-9-8-13(10-14,16(15)2)11-4-6-12(17-3)7-5-11/h4-7H,8-9H2,1-3H3. The first-order valence-electron chi connectivity index (χ1n) is 5.65. The third-order valence-electron chi connectivity index (χ3n) is 3.61. The van der Waals surface area contributed by atoms with Crippen molar-refractivity contribution in [3.05, 3.63) is 29.8 Å². The predicted octanol–water partition coefficient (Wildman–Crippen LogP) is 1.60. The molecule has 1 unspecified atom stereocenters. The fourth-order valence-electron chi connectivity index (χ4n) is 2.32. The Hall–Kier alpha value is -1.57. The van der Waals surface area contributed by atoms with Gasteiger partial charge in [-0.15, -0.1) is 0 Å². The van der Waals surface area contributed by atoms with Gasteiger partial charge in [0.15, 0.2) is 0 Å². The average molecular weight is 231 g/mol. The van der Waals surface area contributed by atoms with Gasteiger partial charge < -0.3 is 4.74 Å². The molecule has 0 saturated carbocycles. The van der Waals surface area contributed by atoms with Crippen molar-refractivity contribution in [3.63, 3.8) is 0 Å². The molecule has 2 rings (SSSR count). The number of hydrazine groups is 1. The fraction of sp³-hybridized carbons (Fsp3) is 0.462. The molecule has 1 saturated heterocycles. The highest BCUT2D eigenvalue weighted by Gasteiger charge is 2.43. The van der Waals surface area contributed by atoms with Gasteiger partial charge in [0.2, 0.25) is 0 Å². The number of nitriles is 1. The zero-order valence-corrected chi connectivity index (χ0v) is 10.5. The molecular formula is C13H17N3O. The Morgan fingerprint density at radius 2 is 1.94 bits per heavy atom. The summed E-state index contributed by atoms with van der Waals surface area (Å²) >= 11 is 0. The van der Waals surface area contributed by atoms with Crippen molar-refractivity contribution in [2.45, 2.75) is 12.0 Å². The number of rotatable bonds is 2. The van der Waals surface area contributed by atoms with Crippen LogP contribution in [0.2, 0.25) is 0 Å². The average Bonchev–Trinajstić information content (AvgIpc) is 2.67. The van der Waals surface area contributed by atoms with Gasteiger partial charge in [-0.3, -0.25) is 0 Å². The summed E-state index contributed by atoms with van der Waals surface area (Å²) in [5, 5.41) is 13.6. The van der Waals surface area contributed by atoms with E-state index in [-0.39, 0.29) is 0 Å². The molecule has 4 nitrogen and oxygen atoms in total. The van der Waals surface area contributed by atoms with E-state index < -0.39 is 5.54 Å². The van der Waals surface area contributed by atoms with Gasteiger partial charge in [-0.05, 0) is 24.1 Å². The maximum absolute atomic E-state index is 9.54. The van der Waals surface area contributed by atoms with Crippen LogP contribution in [0, 0.1) is 11.3 Å². The zero-order chi connectivity index (χ0) is 12.5. The molecule has 0 amide bonds. The first kappa shape index (κ1) is 11.9. The summed E-state index contributed by atoms with van der Waals surface area (Å²) < 4.78 is 5.14. The monoisotopic (exact) mass is 231 g/mol. The molecule has 90 valence electrons. The molecule has 0 N–H and O–H groups in total. The largest absolute Gasteiger partial charge is 0.497 e. The van der Waals surface area contributed by atoms with E-state index in [4.69, 9.17) is 4.74 Å². The number of hydrogen-bond acceptors (Lipinski definition) is 4. The maximum Gasteiger partial charge on any atom is 0.148 e. The maximum atomic E-state index is 9.54. The summed E-state index contributed by atoms with van der Waals surface area (Å²) in [7, 11) is 5.60. The second kappa shape index (κ2) is 4.36. The van der Waals surface area contributed by atoms with E-state index in [0.29, 0.717) is 0 Å². The Morgan fingerprint density at radius 1 is 1.29 bits per heavy atom. The molecule has 0 aliphatic carbocycles. The second-order valence-corrected chi connectivity index (χ2v) is 4.36.